The number of fused-ring (bicyclic) bond motifs is 3. The Morgan fingerprint density at radius 3 is 3.00 bits per heavy atom. The summed E-state index contributed by atoms with van der Waals surface area (Å²) in [6.07, 6.45) is 2.32. The number of aryl methyl sites for hydroxylation is 1. The van der Waals surface area contributed by atoms with E-state index in [2.05, 4.69) is 48.1 Å². The summed E-state index contributed by atoms with van der Waals surface area (Å²) in [5.74, 6) is 0. The van der Waals surface area contributed by atoms with Crippen molar-refractivity contribution in [2.75, 3.05) is 6.54 Å². The van der Waals surface area contributed by atoms with Crippen molar-refractivity contribution in [2.24, 2.45) is 7.05 Å². The standard InChI is InChI=1S/C14H18N2/c1-3-12-14-11(8-9-15-12)10-6-4-5-7-13(10)16(14)2/h4-7,12,15H,3,8-9H2,1-2H3/t12-/m0/s1. The van der Waals surface area contributed by atoms with E-state index in [0.29, 0.717) is 6.04 Å². The van der Waals surface area contributed by atoms with Crippen LogP contribution in [0.2, 0.25) is 0 Å². The topological polar surface area (TPSA) is 17.0 Å². The van der Waals surface area contributed by atoms with E-state index in [9.17, 15) is 0 Å². The van der Waals surface area contributed by atoms with Crippen molar-refractivity contribution in [3.63, 3.8) is 0 Å². The van der Waals surface area contributed by atoms with E-state index in [1.54, 1.807) is 5.56 Å². The Hall–Kier alpha value is -1.28. The van der Waals surface area contributed by atoms with Crippen LogP contribution in [0.3, 0.4) is 0 Å². The molecule has 2 aromatic rings. The molecule has 3 rings (SSSR count). The van der Waals surface area contributed by atoms with Crippen molar-refractivity contribution >= 4 is 10.9 Å². The van der Waals surface area contributed by atoms with E-state index in [4.69, 9.17) is 0 Å². The average Bonchev–Trinajstić information content (AvgIpc) is 2.64. The molecule has 1 aliphatic heterocycles. The Morgan fingerprint density at radius 2 is 2.19 bits per heavy atom. The summed E-state index contributed by atoms with van der Waals surface area (Å²) in [5.41, 5.74) is 4.42. The van der Waals surface area contributed by atoms with Gasteiger partial charge in [0.25, 0.3) is 0 Å². The van der Waals surface area contributed by atoms with Gasteiger partial charge >= 0.3 is 0 Å². The summed E-state index contributed by atoms with van der Waals surface area (Å²) >= 11 is 0. The van der Waals surface area contributed by atoms with E-state index in [0.717, 1.165) is 19.4 Å². The molecule has 0 aliphatic carbocycles. The molecule has 1 aliphatic rings. The zero-order valence-electron chi connectivity index (χ0n) is 9.96. The molecule has 84 valence electrons. The first-order chi connectivity index (χ1) is 7.83. The number of para-hydroxylation sites is 1. The van der Waals surface area contributed by atoms with Gasteiger partial charge in [0.2, 0.25) is 0 Å². The average molecular weight is 214 g/mol. The van der Waals surface area contributed by atoms with Gasteiger partial charge in [-0.15, -0.1) is 0 Å². The molecule has 0 bridgehead atoms. The van der Waals surface area contributed by atoms with Gasteiger partial charge in [-0.3, -0.25) is 0 Å². The van der Waals surface area contributed by atoms with Crippen molar-refractivity contribution < 1.29 is 0 Å². The molecule has 0 amide bonds. The van der Waals surface area contributed by atoms with Crippen molar-refractivity contribution in [1.29, 1.82) is 0 Å². The summed E-state index contributed by atoms with van der Waals surface area (Å²) in [5, 5.41) is 5.05. The third-order valence-corrected chi connectivity index (χ3v) is 3.77. The molecular formula is C14H18N2. The van der Waals surface area contributed by atoms with Crippen molar-refractivity contribution in [3.05, 3.63) is 35.5 Å². The zero-order chi connectivity index (χ0) is 11.1. The second kappa shape index (κ2) is 3.63. The van der Waals surface area contributed by atoms with Crippen LogP contribution in [0.4, 0.5) is 0 Å². The third-order valence-electron chi connectivity index (χ3n) is 3.77. The maximum Gasteiger partial charge on any atom is 0.0483 e. The molecule has 2 heteroatoms. The Balaban J connectivity index is 2.33. The SMILES string of the molecule is CC[C@@H]1NCCc2c1n(C)c1ccccc21. The highest BCUT2D eigenvalue weighted by atomic mass is 15.0. The van der Waals surface area contributed by atoms with E-state index >= 15 is 0 Å². The third kappa shape index (κ3) is 1.23. The van der Waals surface area contributed by atoms with Crippen LogP contribution in [0, 0.1) is 0 Å². The van der Waals surface area contributed by atoms with Gasteiger partial charge in [-0.2, -0.15) is 0 Å². The number of nitrogens with one attached hydrogen (secondary N) is 1. The Bertz CT molecular complexity index is 525. The minimum Gasteiger partial charge on any atom is -0.346 e. The highest BCUT2D eigenvalue weighted by Gasteiger charge is 2.24. The molecule has 0 spiro atoms. The largest absolute Gasteiger partial charge is 0.346 e. The van der Waals surface area contributed by atoms with E-state index in [-0.39, 0.29) is 0 Å². The maximum atomic E-state index is 3.61. The number of hydrogen-bond acceptors (Lipinski definition) is 1. The lowest BCUT2D eigenvalue weighted by molar-refractivity contribution is 0.471. The van der Waals surface area contributed by atoms with Crippen LogP contribution >= 0.6 is 0 Å². The maximum absolute atomic E-state index is 3.61. The summed E-state index contributed by atoms with van der Waals surface area (Å²) in [6.45, 7) is 3.37. The van der Waals surface area contributed by atoms with Crippen LogP contribution in [-0.2, 0) is 13.5 Å². The number of benzene rings is 1. The second-order valence-corrected chi connectivity index (χ2v) is 4.60. The zero-order valence-corrected chi connectivity index (χ0v) is 9.96. The summed E-state index contributed by atoms with van der Waals surface area (Å²) in [4.78, 5) is 0. The highest BCUT2D eigenvalue weighted by molar-refractivity contribution is 5.86. The van der Waals surface area contributed by atoms with Crippen LogP contribution in [0.25, 0.3) is 10.9 Å². The molecule has 0 saturated carbocycles. The summed E-state index contributed by atoms with van der Waals surface area (Å²) in [6, 6.07) is 9.28. The molecule has 1 atom stereocenters. The number of nitrogens with zero attached hydrogens (tertiary/aromatic N) is 1. The molecule has 0 fully saturated rings. The van der Waals surface area contributed by atoms with Gasteiger partial charge in [0.15, 0.2) is 0 Å². The predicted molar refractivity (Wildman–Crippen MR) is 67.7 cm³/mol. The second-order valence-electron chi connectivity index (χ2n) is 4.60. The quantitative estimate of drug-likeness (QED) is 0.772. The highest BCUT2D eigenvalue weighted by Crippen LogP contribution is 2.33. The Kier molecular flexibility index (Phi) is 2.25. The van der Waals surface area contributed by atoms with Crippen LogP contribution in [0.5, 0.6) is 0 Å². The molecule has 2 heterocycles. The van der Waals surface area contributed by atoms with E-state index < -0.39 is 0 Å². The molecule has 1 aromatic carbocycles. The smallest absolute Gasteiger partial charge is 0.0483 e. The van der Waals surface area contributed by atoms with Crippen molar-refractivity contribution in [3.8, 4) is 0 Å². The van der Waals surface area contributed by atoms with Gasteiger partial charge in [0.05, 0.1) is 0 Å². The summed E-state index contributed by atoms with van der Waals surface area (Å²) in [7, 11) is 2.19. The number of rotatable bonds is 1. The predicted octanol–water partition coefficient (Wildman–Crippen LogP) is 2.78. The number of hydrogen-bond donors (Lipinski definition) is 1. The lowest BCUT2D eigenvalue weighted by Crippen LogP contribution is -2.30. The first kappa shape index (κ1) is 9.91. The van der Waals surface area contributed by atoms with Gasteiger partial charge in [0.1, 0.15) is 0 Å². The molecule has 0 unspecified atom stereocenters. The van der Waals surface area contributed by atoms with Gasteiger partial charge in [-0.05, 0) is 31.0 Å². The van der Waals surface area contributed by atoms with Crippen LogP contribution in [-0.4, -0.2) is 11.1 Å². The fraction of sp³-hybridized carbons (Fsp3) is 0.429. The minimum atomic E-state index is 0.529. The van der Waals surface area contributed by atoms with Crippen molar-refractivity contribution in [2.45, 2.75) is 25.8 Å². The van der Waals surface area contributed by atoms with Gasteiger partial charge < -0.3 is 9.88 Å². The molecule has 16 heavy (non-hydrogen) atoms. The fourth-order valence-electron chi connectivity index (χ4n) is 3.00. The number of aromatic nitrogens is 1. The normalized spacial score (nSPS) is 20.0. The summed E-state index contributed by atoms with van der Waals surface area (Å²) < 4.78 is 2.37. The van der Waals surface area contributed by atoms with Gasteiger partial charge in [-0.25, -0.2) is 0 Å². The van der Waals surface area contributed by atoms with Crippen LogP contribution in [0.15, 0.2) is 24.3 Å². The van der Waals surface area contributed by atoms with E-state index in [1.165, 1.54) is 16.6 Å². The fourth-order valence-corrected chi connectivity index (χ4v) is 3.00. The molecule has 2 nitrogen and oxygen atoms in total. The van der Waals surface area contributed by atoms with Gasteiger partial charge in [-0.1, -0.05) is 25.1 Å². The first-order valence-corrected chi connectivity index (χ1v) is 6.12. The van der Waals surface area contributed by atoms with Gasteiger partial charge in [0, 0.05) is 29.7 Å². The molecule has 1 N–H and O–H groups in total. The molecule has 0 saturated heterocycles. The lowest BCUT2D eigenvalue weighted by Gasteiger charge is -2.25. The molecular weight excluding hydrogens is 196 g/mol. The van der Waals surface area contributed by atoms with Crippen LogP contribution < -0.4 is 5.32 Å². The molecule has 0 radical (unpaired) electrons. The Morgan fingerprint density at radius 1 is 1.38 bits per heavy atom. The molecule has 1 aromatic heterocycles. The Labute approximate surface area is 96.3 Å². The minimum absolute atomic E-state index is 0.529. The first-order valence-electron chi connectivity index (χ1n) is 6.12. The monoisotopic (exact) mass is 214 g/mol. The lowest BCUT2D eigenvalue weighted by atomic mass is 9.98. The van der Waals surface area contributed by atoms with Crippen LogP contribution in [0.1, 0.15) is 30.6 Å². The van der Waals surface area contributed by atoms with Crippen molar-refractivity contribution in [1.82, 2.24) is 9.88 Å². The van der Waals surface area contributed by atoms with E-state index in [1.807, 2.05) is 0 Å².